The summed E-state index contributed by atoms with van der Waals surface area (Å²) in [6.07, 6.45) is 1.55. The fourth-order valence-electron chi connectivity index (χ4n) is 1.92. The summed E-state index contributed by atoms with van der Waals surface area (Å²) in [7, 11) is 0. The Kier molecular flexibility index (Phi) is 3.55. The second-order valence-electron chi connectivity index (χ2n) is 3.84. The Bertz CT molecular complexity index is 458. The predicted octanol–water partition coefficient (Wildman–Crippen LogP) is 1.03. The lowest BCUT2D eigenvalue weighted by Gasteiger charge is -2.26. The molecule has 1 atom stereocenters. The molecule has 2 rings (SSSR count). The summed E-state index contributed by atoms with van der Waals surface area (Å²) in [6, 6.07) is 1.94. The van der Waals surface area contributed by atoms with E-state index in [9.17, 15) is 9.59 Å². The van der Waals surface area contributed by atoms with Crippen LogP contribution in [0.4, 0.5) is 4.79 Å². The second-order valence-corrected chi connectivity index (χ2v) is 5.08. The zero-order valence-corrected chi connectivity index (χ0v) is 11.1. The van der Waals surface area contributed by atoms with Crippen LogP contribution in [0.2, 0.25) is 0 Å². The summed E-state index contributed by atoms with van der Waals surface area (Å²) < 4.78 is 2.93. The van der Waals surface area contributed by atoms with Gasteiger partial charge in [-0.2, -0.15) is 0 Å². The number of carboxylic acid groups (broad SMARTS) is 1. The summed E-state index contributed by atoms with van der Waals surface area (Å²) in [5.41, 5.74) is 0.640. The highest BCUT2D eigenvalue weighted by Gasteiger charge is 2.24. The Balaban J connectivity index is 2.07. The molecule has 0 saturated heterocycles. The summed E-state index contributed by atoms with van der Waals surface area (Å²) in [6.45, 7) is 0.919. The first-order chi connectivity index (χ1) is 8.08. The molecule has 0 bridgehead atoms. The third kappa shape index (κ3) is 2.71. The number of carbonyl (C=O) groups is 2. The van der Waals surface area contributed by atoms with Gasteiger partial charge in [-0.25, -0.2) is 4.79 Å². The third-order valence-corrected chi connectivity index (χ3v) is 3.28. The predicted molar refractivity (Wildman–Crippen MR) is 69.2 cm³/mol. The minimum atomic E-state index is -1.02. The molecule has 7 heteroatoms. The molecular weight excluding hydrogens is 337 g/mol. The van der Waals surface area contributed by atoms with Gasteiger partial charge in [0.25, 0.3) is 5.91 Å². The third-order valence-electron chi connectivity index (χ3n) is 2.69. The number of fused-ring (bicyclic) bond motifs is 1. The van der Waals surface area contributed by atoms with Crippen LogP contribution in [0.15, 0.2) is 12.3 Å². The van der Waals surface area contributed by atoms with Gasteiger partial charge in [0.15, 0.2) is 0 Å². The fraction of sp³-hybridized carbons (Fsp3) is 0.400. The van der Waals surface area contributed by atoms with E-state index in [1.165, 1.54) is 0 Å². The molecule has 17 heavy (non-hydrogen) atoms. The number of hydrogen-bond acceptors (Lipinski definition) is 2. The van der Waals surface area contributed by atoms with Gasteiger partial charge in [-0.3, -0.25) is 4.79 Å². The molecule has 1 aromatic rings. The monoisotopic (exact) mass is 349 g/mol. The van der Waals surface area contributed by atoms with E-state index >= 15 is 0 Å². The molecule has 0 spiro atoms. The van der Waals surface area contributed by atoms with Gasteiger partial charge in [0.1, 0.15) is 5.69 Å². The van der Waals surface area contributed by atoms with Gasteiger partial charge < -0.3 is 20.3 Å². The highest BCUT2D eigenvalue weighted by molar-refractivity contribution is 14.1. The zero-order chi connectivity index (χ0) is 12.4. The zero-order valence-electron chi connectivity index (χ0n) is 8.94. The van der Waals surface area contributed by atoms with E-state index in [0.29, 0.717) is 25.2 Å². The highest BCUT2D eigenvalue weighted by atomic mass is 127. The van der Waals surface area contributed by atoms with Crippen LogP contribution in [0.25, 0.3) is 0 Å². The lowest BCUT2D eigenvalue weighted by atomic mass is 10.1. The summed E-state index contributed by atoms with van der Waals surface area (Å²) in [4.78, 5) is 21.9. The van der Waals surface area contributed by atoms with Crippen LogP contribution in [0, 0.1) is 3.57 Å². The van der Waals surface area contributed by atoms with E-state index in [0.717, 1.165) is 3.57 Å². The number of aromatic nitrogens is 1. The standard InChI is InChI=1S/C10H12IN3O3/c11-6-3-8-9(15)13-4-7(14(8)5-6)1-2-12-10(16)17/h3,5,7,12H,1-2,4H2,(H,13,15)(H,16,17)/t7-/m0/s1. The quantitative estimate of drug-likeness (QED) is 0.713. The number of halogens is 1. The maximum Gasteiger partial charge on any atom is 0.404 e. The smallest absolute Gasteiger partial charge is 0.404 e. The van der Waals surface area contributed by atoms with Gasteiger partial charge in [-0.05, 0) is 35.1 Å². The Hall–Kier alpha value is -1.25. The van der Waals surface area contributed by atoms with Gasteiger partial charge in [0, 0.05) is 22.9 Å². The van der Waals surface area contributed by atoms with E-state index in [4.69, 9.17) is 5.11 Å². The molecule has 2 heterocycles. The Morgan fingerprint density at radius 1 is 1.71 bits per heavy atom. The maximum absolute atomic E-state index is 11.6. The van der Waals surface area contributed by atoms with Crippen LogP contribution in [-0.4, -0.2) is 34.8 Å². The van der Waals surface area contributed by atoms with Crippen LogP contribution < -0.4 is 10.6 Å². The van der Waals surface area contributed by atoms with Crippen LogP contribution >= 0.6 is 22.6 Å². The summed E-state index contributed by atoms with van der Waals surface area (Å²) >= 11 is 2.16. The van der Waals surface area contributed by atoms with E-state index in [2.05, 4.69) is 33.2 Å². The second kappa shape index (κ2) is 4.94. The number of amides is 2. The molecule has 3 N–H and O–H groups in total. The molecule has 92 valence electrons. The lowest BCUT2D eigenvalue weighted by Crippen LogP contribution is -2.39. The molecule has 2 amide bonds. The number of rotatable bonds is 3. The van der Waals surface area contributed by atoms with E-state index in [-0.39, 0.29) is 11.9 Å². The van der Waals surface area contributed by atoms with Crippen molar-refractivity contribution in [2.24, 2.45) is 0 Å². The van der Waals surface area contributed by atoms with E-state index < -0.39 is 6.09 Å². The Morgan fingerprint density at radius 2 is 2.47 bits per heavy atom. The van der Waals surface area contributed by atoms with Crippen molar-refractivity contribution in [1.29, 1.82) is 0 Å². The Morgan fingerprint density at radius 3 is 3.18 bits per heavy atom. The lowest BCUT2D eigenvalue weighted by molar-refractivity contribution is 0.0912. The Labute approximate surface area is 112 Å². The van der Waals surface area contributed by atoms with Crippen LogP contribution in [0.1, 0.15) is 23.0 Å². The molecule has 0 fully saturated rings. The van der Waals surface area contributed by atoms with Crippen molar-refractivity contribution in [3.63, 3.8) is 0 Å². The number of carbonyl (C=O) groups excluding carboxylic acids is 1. The summed E-state index contributed by atoms with van der Waals surface area (Å²) in [5.74, 6) is -0.0737. The largest absolute Gasteiger partial charge is 0.465 e. The molecule has 6 nitrogen and oxygen atoms in total. The molecular formula is C10H12IN3O3. The van der Waals surface area contributed by atoms with Crippen molar-refractivity contribution in [2.75, 3.05) is 13.1 Å². The summed E-state index contributed by atoms with van der Waals surface area (Å²) in [5, 5.41) is 13.6. The first-order valence-electron chi connectivity index (χ1n) is 5.20. The minimum Gasteiger partial charge on any atom is -0.465 e. The van der Waals surface area contributed by atoms with Crippen LogP contribution in [-0.2, 0) is 0 Å². The SMILES string of the molecule is O=C(O)NCC[C@H]1CNC(=O)c2cc(I)cn21. The van der Waals surface area contributed by atoms with Crippen LogP contribution in [0.5, 0.6) is 0 Å². The topological polar surface area (TPSA) is 83.4 Å². The van der Waals surface area contributed by atoms with E-state index in [1.807, 2.05) is 16.8 Å². The van der Waals surface area contributed by atoms with Crippen molar-refractivity contribution in [3.05, 3.63) is 21.5 Å². The average Bonchev–Trinajstić information content (AvgIpc) is 2.64. The molecule has 1 aliphatic heterocycles. The molecule has 1 aromatic heterocycles. The van der Waals surface area contributed by atoms with Crippen molar-refractivity contribution in [1.82, 2.24) is 15.2 Å². The molecule has 0 unspecified atom stereocenters. The molecule has 1 aliphatic rings. The number of nitrogens with zero attached hydrogens (tertiary/aromatic N) is 1. The van der Waals surface area contributed by atoms with Gasteiger partial charge in [0.2, 0.25) is 0 Å². The highest BCUT2D eigenvalue weighted by Crippen LogP contribution is 2.22. The number of nitrogens with one attached hydrogen (secondary N) is 2. The van der Waals surface area contributed by atoms with E-state index in [1.54, 1.807) is 0 Å². The molecule has 0 aromatic carbocycles. The normalized spacial score (nSPS) is 18.4. The molecule has 0 radical (unpaired) electrons. The van der Waals surface area contributed by atoms with Gasteiger partial charge >= 0.3 is 6.09 Å². The fourth-order valence-corrected chi connectivity index (χ4v) is 2.51. The van der Waals surface area contributed by atoms with Gasteiger partial charge in [-0.15, -0.1) is 0 Å². The maximum atomic E-state index is 11.6. The van der Waals surface area contributed by atoms with Crippen molar-refractivity contribution in [3.8, 4) is 0 Å². The number of hydrogen-bond donors (Lipinski definition) is 3. The molecule has 0 aliphatic carbocycles. The van der Waals surface area contributed by atoms with Crippen molar-refractivity contribution in [2.45, 2.75) is 12.5 Å². The van der Waals surface area contributed by atoms with Crippen molar-refractivity contribution >= 4 is 34.6 Å². The first kappa shape index (κ1) is 12.2. The first-order valence-corrected chi connectivity index (χ1v) is 6.28. The van der Waals surface area contributed by atoms with Gasteiger partial charge in [-0.1, -0.05) is 0 Å². The molecule has 0 saturated carbocycles. The van der Waals surface area contributed by atoms with Crippen molar-refractivity contribution < 1.29 is 14.7 Å². The minimum absolute atomic E-state index is 0.0737. The average molecular weight is 349 g/mol. The van der Waals surface area contributed by atoms with Crippen LogP contribution in [0.3, 0.4) is 0 Å². The van der Waals surface area contributed by atoms with Gasteiger partial charge in [0.05, 0.1) is 6.04 Å².